The average Bonchev–Trinajstić information content (AvgIpc) is 2.63. The lowest BCUT2D eigenvalue weighted by Crippen LogP contribution is -2.17. The van der Waals surface area contributed by atoms with Crippen molar-refractivity contribution in [3.8, 4) is 0 Å². The van der Waals surface area contributed by atoms with Crippen LogP contribution in [-0.2, 0) is 6.54 Å². The van der Waals surface area contributed by atoms with Gasteiger partial charge in [-0.05, 0) is 36.1 Å². The molecule has 2 aromatic rings. The van der Waals surface area contributed by atoms with E-state index in [1.807, 2.05) is 11.5 Å². The fourth-order valence-corrected chi connectivity index (χ4v) is 2.54. The van der Waals surface area contributed by atoms with Gasteiger partial charge in [0.15, 0.2) is 0 Å². The van der Waals surface area contributed by atoms with Gasteiger partial charge < -0.3 is 10.3 Å². The van der Waals surface area contributed by atoms with Crippen LogP contribution in [0.4, 0.5) is 0 Å². The maximum absolute atomic E-state index is 11.7. The van der Waals surface area contributed by atoms with Crippen molar-refractivity contribution < 1.29 is 4.79 Å². The number of benzene rings is 1. The summed E-state index contributed by atoms with van der Waals surface area (Å²) < 4.78 is 1.93. The third-order valence-corrected chi connectivity index (χ3v) is 3.55. The number of nitrogens with zero attached hydrogens (tertiary/aromatic N) is 1. The van der Waals surface area contributed by atoms with E-state index in [9.17, 15) is 4.79 Å². The molecular formula is C16H20N2O. The van der Waals surface area contributed by atoms with Gasteiger partial charge in [-0.3, -0.25) is 4.79 Å². The minimum absolute atomic E-state index is 0.387. The predicted molar refractivity (Wildman–Crippen MR) is 79.5 cm³/mol. The zero-order valence-corrected chi connectivity index (χ0v) is 11.7. The summed E-state index contributed by atoms with van der Waals surface area (Å²) in [5.41, 5.74) is 9.35. The monoisotopic (exact) mass is 256 g/mol. The van der Waals surface area contributed by atoms with Gasteiger partial charge in [0.2, 0.25) is 0 Å². The van der Waals surface area contributed by atoms with Gasteiger partial charge >= 0.3 is 0 Å². The molecule has 2 N–H and O–H groups in total. The topological polar surface area (TPSA) is 48.0 Å². The zero-order valence-electron chi connectivity index (χ0n) is 11.7. The summed E-state index contributed by atoms with van der Waals surface area (Å²) in [5, 5.41) is 1.10. The number of allylic oxidation sites excluding steroid dienone is 1. The van der Waals surface area contributed by atoms with Crippen LogP contribution in [0.25, 0.3) is 10.9 Å². The van der Waals surface area contributed by atoms with Crippen molar-refractivity contribution >= 4 is 16.8 Å². The first-order valence-electron chi connectivity index (χ1n) is 6.50. The number of aryl methyl sites for hydroxylation is 1. The number of nitrogens with two attached hydrogens (primary N) is 1. The van der Waals surface area contributed by atoms with E-state index in [0.717, 1.165) is 16.5 Å². The molecule has 2 rings (SSSR count). The number of rotatable bonds is 4. The van der Waals surface area contributed by atoms with E-state index in [1.165, 1.54) is 5.56 Å². The number of carbonyl (C=O) groups is 1. The van der Waals surface area contributed by atoms with Gasteiger partial charge in [-0.25, -0.2) is 0 Å². The van der Waals surface area contributed by atoms with Gasteiger partial charge in [-0.1, -0.05) is 26.0 Å². The summed E-state index contributed by atoms with van der Waals surface area (Å²) >= 11 is 0. The number of aromatic nitrogens is 1. The molecule has 0 aliphatic carbocycles. The molecule has 0 bridgehead atoms. The van der Waals surface area contributed by atoms with Crippen molar-refractivity contribution in [1.82, 2.24) is 4.57 Å². The fraction of sp³-hybridized carbons (Fsp3) is 0.312. The number of carbonyl (C=O) groups excluding carboxylic acids is 1. The molecule has 0 saturated carbocycles. The van der Waals surface area contributed by atoms with Crippen molar-refractivity contribution in [2.24, 2.45) is 5.73 Å². The van der Waals surface area contributed by atoms with Gasteiger partial charge in [0.25, 0.3) is 5.91 Å². The van der Waals surface area contributed by atoms with Crippen LogP contribution in [0.3, 0.4) is 0 Å². The normalized spacial score (nSPS) is 11.2. The molecule has 0 atom stereocenters. The van der Waals surface area contributed by atoms with E-state index in [4.69, 9.17) is 5.73 Å². The number of amides is 1. The lowest BCUT2D eigenvalue weighted by atomic mass is 10.0. The molecule has 1 aromatic carbocycles. The highest BCUT2D eigenvalue weighted by Crippen LogP contribution is 2.28. The smallest absolute Gasteiger partial charge is 0.265 e. The Morgan fingerprint density at radius 2 is 2.16 bits per heavy atom. The Balaban J connectivity index is 2.80. The Labute approximate surface area is 113 Å². The largest absolute Gasteiger partial charge is 0.364 e. The molecule has 0 aliphatic rings. The maximum atomic E-state index is 11.7. The Morgan fingerprint density at radius 1 is 1.47 bits per heavy atom. The summed E-state index contributed by atoms with van der Waals surface area (Å²) in [5.74, 6) is 0.0743. The van der Waals surface area contributed by atoms with Crippen LogP contribution in [-0.4, -0.2) is 10.5 Å². The van der Waals surface area contributed by atoms with Crippen molar-refractivity contribution in [2.45, 2.75) is 33.2 Å². The summed E-state index contributed by atoms with van der Waals surface area (Å²) in [6.45, 7) is 10.6. The number of primary amides is 1. The highest BCUT2D eigenvalue weighted by Gasteiger charge is 2.18. The Kier molecular flexibility index (Phi) is 3.47. The average molecular weight is 256 g/mol. The summed E-state index contributed by atoms with van der Waals surface area (Å²) in [7, 11) is 0. The van der Waals surface area contributed by atoms with Crippen molar-refractivity contribution in [3.63, 3.8) is 0 Å². The SMILES string of the molecule is C=CCn1c(C(N)=O)c(C)c2cc(C(C)C)ccc21. The molecule has 0 fully saturated rings. The maximum Gasteiger partial charge on any atom is 0.265 e. The standard InChI is InChI=1S/C16H20N2O/c1-5-8-18-14-7-6-12(10(2)3)9-13(14)11(4)15(18)16(17)19/h5-7,9-10H,1,8H2,2-4H3,(H2,17,19). The molecule has 100 valence electrons. The van der Waals surface area contributed by atoms with Crippen LogP contribution in [0.2, 0.25) is 0 Å². The second-order valence-corrected chi connectivity index (χ2v) is 5.17. The van der Waals surface area contributed by atoms with Gasteiger partial charge in [0.1, 0.15) is 5.69 Å². The highest BCUT2D eigenvalue weighted by atomic mass is 16.1. The van der Waals surface area contributed by atoms with Gasteiger partial charge in [0.05, 0.1) is 0 Å². The van der Waals surface area contributed by atoms with E-state index in [1.54, 1.807) is 6.08 Å². The molecule has 0 saturated heterocycles. The molecule has 0 aliphatic heterocycles. The number of hydrogen-bond donors (Lipinski definition) is 1. The minimum Gasteiger partial charge on any atom is -0.364 e. The van der Waals surface area contributed by atoms with E-state index >= 15 is 0 Å². The van der Waals surface area contributed by atoms with Crippen molar-refractivity contribution in [1.29, 1.82) is 0 Å². The molecule has 19 heavy (non-hydrogen) atoms. The van der Waals surface area contributed by atoms with E-state index in [-0.39, 0.29) is 5.91 Å². The van der Waals surface area contributed by atoms with E-state index < -0.39 is 0 Å². The molecular weight excluding hydrogens is 236 g/mol. The predicted octanol–water partition coefficient (Wildman–Crippen LogP) is 3.36. The summed E-state index contributed by atoms with van der Waals surface area (Å²) in [6.07, 6.45) is 1.78. The second-order valence-electron chi connectivity index (χ2n) is 5.17. The number of hydrogen-bond acceptors (Lipinski definition) is 1. The lowest BCUT2D eigenvalue weighted by Gasteiger charge is -2.07. The first-order chi connectivity index (χ1) is 8.97. The third-order valence-electron chi connectivity index (χ3n) is 3.55. The van der Waals surface area contributed by atoms with Crippen LogP contribution in [0, 0.1) is 6.92 Å². The van der Waals surface area contributed by atoms with Crippen LogP contribution in [0.1, 0.15) is 41.4 Å². The van der Waals surface area contributed by atoms with E-state index in [0.29, 0.717) is 18.2 Å². The first-order valence-corrected chi connectivity index (χ1v) is 6.50. The Morgan fingerprint density at radius 3 is 2.68 bits per heavy atom. The van der Waals surface area contributed by atoms with Crippen molar-refractivity contribution in [3.05, 3.63) is 47.7 Å². The molecule has 1 aromatic heterocycles. The fourth-order valence-electron chi connectivity index (χ4n) is 2.54. The zero-order chi connectivity index (χ0) is 14.2. The summed E-state index contributed by atoms with van der Waals surface area (Å²) in [6, 6.07) is 6.33. The Bertz CT molecular complexity index is 650. The second kappa shape index (κ2) is 4.92. The minimum atomic E-state index is -0.387. The third kappa shape index (κ3) is 2.16. The van der Waals surface area contributed by atoms with Crippen LogP contribution < -0.4 is 5.73 Å². The van der Waals surface area contributed by atoms with Crippen LogP contribution in [0.15, 0.2) is 30.9 Å². The molecule has 1 heterocycles. The van der Waals surface area contributed by atoms with Crippen LogP contribution in [0.5, 0.6) is 0 Å². The van der Waals surface area contributed by atoms with Gasteiger partial charge in [0, 0.05) is 17.4 Å². The van der Waals surface area contributed by atoms with Gasteiger partial charge in [-0.15, -0.1) is 6.58 Å². The molecule has 3 nitrogen and oxygen atoms in total. The first kappa shape index (κ1) is 13.4. The van der Waals surface area contributed by atoms with Crippen molar-refractivity contribution in [2.75, 3.05) is 0 Å². The molecule has 0 spiro atoms. The Hall–Kier alpha value is -2.03. The quantitative estimate of drug-likeness (QED) is 0.838. The lowest BCUT2D eigenvalue weighted by molar-refractivity contribution is 0.0992. The molecule has 1 amide bonds. The van der Waals surface area contributed by atoms with E-state index in [2.05, 4.69) is 38.6 Å². The number of fused-ring (bicyclic) bond motifs is 1. The summed E-state index contributed by atoms with van der Waals surface area (Å²) in [4.78, 5) is 11.7. The van der Waals surface area contributed by atoms with Gasteiger partial charge in [-0.2, -0.15) is 0 Å². The molecule has 0 radical (unpaired) electrons. The highest BCUT2D eigenvalue weighted by molar-refractivity contribution is 6.01. The van der Waals surface area contributed by atoms with Crippen LogP contribution >= 0.6 is 0 Å². The molecule has 0 unspecified atom stereocenters. The molecule has 3 heteroatoms.